The van der Waals surface area contributed by atoms with Crippen LogP contribution in [0.25, 0.3) is 0 Å². The molecule has 0 bridgehead atoms. The molecule has 0 heterocycles. The number of rotatable bonds is 15. The van der Waals surface area contributed by atoms with E-state index in [2.05, 4.69) is 16.7 Å². The van der Waals surface area contributed by atoms with Crippen molar-refractivity contribution in [2.24, 2.45) is 0 Å². The van der Waals surface area contributed by atoms with Crippen LogP contribution in [-0.4, -0.2) is 77.5 Å². The first-order valence-corrected chi connectivity index (χ1v) is 25.3. The van der Waals surface area contributed by atoms with Crippen LogP contribution in [0.4, 0.5) is 0 Å². The van der Waals surface area contributed by atoms with Crippen LogP contribution in [0.5, 0.6) is 0 Å². The lowest BCUT2D eigenvalue weighted by atomic mass is 10.6. The van der Waals surface area contributed by atoms with E-state index in [-0.39, 0.29) is 0 Å². The summed E-state index contributed by atoms with van der Waals surface area (Å²) >= 11 is 0. The Morgan fingerprint density at radius 1 is 0.441 bits per heavy atom. The van der Waals surface area contributed by atoms with Crippen LogP contribution in [-0.2, 0) is 69.7 Å². The fraction of sp³-hybridized carbons (Fsp3) is 1.00. The van der Waals surface area contributed by atoms with Gasteiger partial charge in [0, 0.05) is 0 Å². The van der Waals surface area contributed by atoms with E-state index in [1.165, 1.54) is 58.9 Å². The lowest BCUT2D eigenvalue weighted by Crippen LogP contribution is -2.45. The Balaban J connectivity index is 6.53. The first-order valence-electron chi connectivity index (χ1n) is 9.30. The summed E-state index contributed by atoms with van der Waals surface area (Å²) in [6.07, 6.45) is -5.26. The fourth-order valence-corrected chi connectivity index (χ4v) is 11.2. The molecule has 0 saturated carbocycles. The van der Waals surface area contributed by atoms with Crippen molar-refractivity contribution in [1.29, 1.82) is 0 Å². The van der Waals surface area contributed by atoms with Crippen LogP contribution in [0.1, 0.15) is 0 Å². The summed E-state index contributed by atoms with van der Waals surface area (Å²) in [5.74, 6) is 0. The molecule has 0 aromatic rings. The summed E-state index contributed by atoms with van der Waals surface area (Å²) in [6.45, 7) is 12.9. The zero-order valence-electron chi connectivity index (χ0n) is 20.4. The Kier molecular flexibility index (Phi) is 11.3. The van der Waals surface area contributed by atoms with Crippen LogP contribution in [0.15, 0.2) is 0 Å². The summed E-state index contributed by atoms with van der Waals surface area (Å²) < 4.78 is 130. The van der Waals surface area contributed by atoms with E-state index in [1.807, 2.05) is 0 Å². The zero-order valence-corrected chi connectivity index (χ0v) is 26.7. The molecule has 0 aliphatic heterocycles. The number of hydrogen-bond acceptors (Lipinski definition) is 15. The zero-order chi connectivity index (χ0) is 27.6. The second kappa shape index (κ2) is 11.3. The molecule has 0 amide bonds. The van der Waals surface area contributed by atoms with Gasteiger partial charge in [-0.3, -0.25) is 11.6 Å². The molecule has 0 N–H and O–H groups in total. The van der Waals surface area contributed by atoms with Gasteiger partial charge in [-0.15, -0.1) is 0 Å². The molecule has 0 aromatic carbocycles. The Morgan fingerprint density at radius 3 is 0.824 bits per heavy atom. The van der Waals surface area contributed by atoms with E-state index in [1.54, 1.807) is 0 Å². The second-order valence-electron chi connectivity index (χ2n) is 9.64. The molecule has 0 aliphatic rings. The van der Waals surface area contributed by atoms with Crippen molar-refractivity contribution in [2.75, 3.05) is 6.26 Å². The summed E-state index contributed by atoms with van der Waals surface area (Å²) in [5, 5.41) is 0. The summed E-state index contributed by atoms with van der Waals surface area (Å²) in [6, 6.07) is 0. The molecular weight excluding hydrogens is 597 g/mol. The van der Waals surface area contributed by atoms with E-state index >= 15 is 0 Å². The van der Waals surface area contributed by atoms with Gasteiger partial charge in [0.1, 0.15) is 0 Å². The molecule has 1 atom stereocenters. The minimum absolute atomic E-state index is 0.451. The summed E-state index contributed by atoms with van der Waals surface area (Å²) in [4.78, 5) is 0. The first-order chi connectivity index (χ1) is 14.5. The molecule has 0 rings (SSSR count). The summed E-state index contributed by atoms with van der Waals surface area (Å²) in [5.41, 5.74) is 0. The minimum Gasteiger partial charge on any atom is -0.294 e. The highest BCUT2D eigenvalue weighted by Crippen LogP contribution is 2.23. The Morgan fingerprint density at radius 2 is 0.647 bits per heavy atom. The van der Waals surface area contributed by atoms with Crippen LogP contribution in [0.3, 0.4) is 0 Å². The van der Waals surface area contributed by atoms with Crippen LogP contribution in [0.2, 0.25) is 58.9 Å². The van der Waals surface area contributed by atoms with Gasteiger partial charge in [-0.2, -0.15) is 33.7 Å². The average molecular weight is 629 g/mol. The predicted octanol–water partition coefficient (Wildman–Crippen LogP) is 0.954. The monoisotopic (exact) mass is 628 g/mol. The van der Waals surface area contributed by atoms with Gasteiger partial charge >= 0.3 is 31.2 Å². The Hall–Kier alpha value is 0.171. The van der Waals surface area contributed by atoms with Crippen LogP contribution in [0, 0.1) is 0 Å². The van der Waals surface area contributed by atoms with E-state index in [9.17, 15) is 33.7 Å². The molecule has 1 unspecified atom stereocenters. The largest absolute Gasteiger partial charge is 0.392 e. The van der Waals surface area contributed by atoms with Crippen molar-refractivity contribution in [3.8, 4) is 0 Å². The molecule has 34 heavy (non-hydrogen) atoms. The van der Waals surface area contributed by atoms with Gasteiger partial charge < -0.3 is 0 Å². The van der Waals surface area contributed by atoms with Crippen molar-refractivity contribution in [1.82, 2.24) is 0 Å². The van der Waals surface area contributed by atoms with Crippen molar-refractivity contribution in [3.05, 3.63) is 0 Å². The van der Waals surface area contributed by atoms with Gasteiger partial charge in [-0.1, -0.05) is 0 Å². The van der Waals surface area contributed by atoms with Crippen molar-refractivity contribution < 1.29 is 62.0 Å². The van der Waals surface area contributed by atoms with Gasteiger partial charge in [-0.05, 0) is 58.9 Å². The van der Waals surface area contributed by atoms with Crippen LogP contribution >= 0.6 is 0 Å². The lowest BCUT2D eigenvalue weighted by molar-refractivity contribution is -0.153. The molecule has 0 aliphatic carbocycles. The van der Waals surface area contributed by atoms with Crippen LogP contribution < -0.4 is 0 Å². The molecule has 15 nitrogen and oxygen atoms in total. The van der Waals surface area contributed by atoms with E-state index < -0.39 is 78.8 Å². The maximum Gasteiger partial charge on any atom is 0.392 e. The third-order valence-corrected chi connectivity index (χ3v) is 12.5. The maximum absolute atomic E-state index is 12.3. The topological polar surface area (TPSA) is 201 Å². The van der Waals surface area contributed by atoms with E-state index in [0.29, 0.717) is 6.26 Å². The smallest absolute Gasteiger partial charge is 0.294 e. The molecular formula is C12H32O15S4Si3. The van der Waals surface area contributed by atoms with Crippen molar-refractivity contribution in [3.63, 3.8) is 0 Å². The highest BCUT2D eigenvalue weighted by Gasteiger charge is 2.43. The molecule has 0 fully saturated rings. The molecule has 0 saturated heterocycles. The van der Waals surface area contributed by atoms with Gasteiger partial charge in [0.25, 0.3) is 16.4 Å². The Bertz CT molecular complexity index is 1060. The maximum atomic E-state index is 12.3. The van der Waals surface area contributed by atoms with Crippen molar-refractivity contribution in [2.45, 2.75) is 71.5 Å². The lowest BCUT2D eigenvalue weighted by Gasteiger charge is -2.27. The standard InChI is InChI=1S/C12H32O15S4Si3/c1-28(13,14)21-11(22-29(15,16)25-32(2,3)4)12(23-30(17,18)26-33(5,6)7)24-31(19,20)27-34(8,9)10/h11-12H,1-10H3. The van der Waals surface area contributed by atoms with Gasteiger partial charge in [0.15, 0.2) is 0 Å². The summed E-state index contributed by atoms with van der Waals surface area (Å²) in [7, 11) is -28.6. The molecule has 22 heteroatoms. The highest BCUT2D eigenvalue weighted by atomic mass is 32.3. The molecule has 0 radical (unpaired) electrons. The van der Waals surface area contributed by atoms with E-state index in [4.69, 9.17) is 11.6 Å². The van der Waals surface area contributed by atoms with Crippen molar-refractivity contribution >= 4 is 66.3 Å². The second-order valence-corrected chi connectivity index (χ2v) is 28.9. The minimum atomic E-state index is -5.10. The third-order valence-electron chi connectivity index (χ3n) is 2.19. The molecule has 206 valence electrons. The van der Waals surface area contributed by atoms with E-state index in [0.717, 1.165) is 0 Å². The SMILES string of the molecule is C[Si](C)(C)OS(=O)(=O)OC(OS(C)(=O)=O)C(OS(=O)(=O)O[Si](C)(C)C)OS(=O)(=O)O[Si](C)(C)C. The van der Waals surface area contributed by atoms with Gasteiger partial charge in [0.2, 0.25) is 31.2 Å². The van der Waals surface area contributed by atoms with Gasteiger partial charge in [-0.25, -0.2) is 16.7 Å². The Labute approximate surface area is 205 Å². The highest BCUT2D eigenvalue weighted by molar-refractivity contribution is 7.86. The normalized spacial score (nSPS) is 16.1. The fourth-order valence-electron chi connectivity index (χ4n) is 1.71. The number of hydrogen-bond donors (Lipinski definition) is 0. The molecule has 0 aromatic heterocycles. The average Bonchev–Trinajstić information content (AvgIpc) is 2.34. The first kappa shape index (κ1) is 34.2. The predicted molar refractivity (Wildman–Crippen MR) is 127 cm³/mol. The van der Waals surface area contributed by atoms with Gasteiger partial charge in [0.05, 0.1) is 6.26 Å². The molecule has 0 spiro atoms. The third kappa shape index (κ3) is 17.6. The quantitative estimate of drug-likeness (QED) is 0.141.